The maximum Gasteiger partial charge on any atom is 0.319 e. The van der Waals surface area contributed by atoms with Crippen molar-refractivity contribution in [2.45, 2.75) is 69.6 Å². The molecule has 0 unspecified atom stereocenters. The third-order valence-corrected chi connectivity index (χ3v) is 12.3. The van der Waals surface area contributed by atoms with Gasteiger partial charge in [-0.1, -0.05) is 13.0 Å². The number of benzene rings is 2. The number of hydrogen-bond donors (Lipinski definition) is 3. The second-order valence-corrected chi connectivity index (χ2v) is 15.3. The van der Waals surface area contributed by atoms with Crippen LogP contribution < -0.4 is 19.7 Å². The quantitative estimate of drug-likeness (QED) is 0.246. The monoisotopic (exact) mass is 670 g/mol. The number of nitrogens with zero attached hydrogens (tertiary/aromatic N) is 5. The molecule has 3 N–H and O–H groups in total. The number of aliphatic hydroxyl groups excluding tert-OH is 1. The number of phenols is 1. The van der Waals surface area contributed by atoms with Gasteiger partial charge in [-0.3, -0.25) is 4.90 Å². The number of likely N-dealkylation sites (tertiary alicyclic amines) is 1. The van der Waals surface area contributed by atoms with Gasteiger partial charge in [-0.2, -0.15) is 9.97 Å². The van der Waals surface area contributed by atoms with Crippen LogP contribution in [-0.4, -0.2) is 93.7 Å². The fourth-order valence-corrected chi connectivity index (χ4v) is 9.46. The Morgan fingerprint density at radius 1 is 1.10 bits per heavy atom. The van der Waals surface area contributed by atoms with Crippen LogP contribution in [0.5, 0.6) is 17.6 Å². The van der Waals surface area contributed by atoms with E-state index in [1.54, 1.807) is 12.1 Å². The predicted octanol–water partition coefficient (Wildman–Crippen LogP) is 4.56. The highest BCUT2D eigenvalue weighted by Gasteiger charge is 2.55. The van der Waals surface area contributed by atoms with E-state index in [1.165, 1.54) is 18.6 Å². The van der Waals surface area contributed by atoms with E-state index in [4.69, 9.17) is 24.4 Å². The van der Waals surface area contributed by atoms with Crippen molar-refractivity contribution < 1.29 is 28.5 Å². The number of aromatic nitrogens is 3. The third kappa shape index (κ3) is 4.70. The van der Waals surface area contributed by atoms with Gasteiger partial charge in [0.05, 0.1) is 19.3 Å². The molecule has 12 heteroatoms. The average molecular weight is 671 g/mol. The number of hydrogen-bond acceptors (Lipinski definition) is 10. The van der Waals surface area contributed by atoms with Crippen LogP contribution in [0.3, 0.4) is 0 Å². The molecule has 256 valence electrons. The summed E-state index contributed by atoms with van der Waals surface area (Å²) in [7, 11) is 0. The Labute approximate surface area is 282 Å². The van der Waals surface area contributed by atoms with Crippen molar-refractivity contribution >= 4 is 27.5 Å². The molecule has 5 fully saturated rings. The predicted molar refractivity (Wildman–Crippen MR) is 179 cm³/mol. The highest BCUT2D eigenvalue weighted by Crippen LogP contribution is 2.54. The third-order valence-electron chi connectivity index (χ3n) is 12.3. The van der Waals surface area contributed by atoms with Gasteiger partial charge in [-0.05, 0) is 84.9 Å². The summed E-state index contributed by atoms with van der Waals surface area (Å²) in [6, 6.07) is 6.71. The van der Waals surface area contributed by atoms with Crippen LogP contribution in [0.1, 0.15) is 44.6 Å². The number of aromatic hydroxyl groups is 1. The second-order valence-electron chi connectivity index (χ2n) is 15.3. The van der Waals surface area contributed by atoms with Crippen molar-refractivity contribution in [3.63, 3.8) is 0 Å². The number of pyridine rings is 1. The standard InChI is InChI=1S/C37H40F2N6O4/c1-2-22-25(38)5-3-18-9-21(47)11-24(29(18)22)32-31(39)33-30-34(45-13-20-4-6-26(40-20)28(45)15-48-35(30)41-32)43-36(42-33)49-17-37(7-8-37)16-44-12-19-10-23(19)27(44)14-46/h3,5,9,11,19-20,23,26-28,40,46-47H,2,4,6-8,10,12-17H2,1H3/t19-,20+,23-,26-,27+,28-/m0/s1. The van der Waals surface area contributed by atoms with Gasteiger partial charge < -0.3 is 29.9 Å². The van der Waals surface area contributed by atoms with Gasteiger partial charge in [0, 0.05) is 48.7 Å². The summed E-state index contributed by atoms with van der Waals surface area (Å²) in [5.41, 5.74) is 0.600. The highest BCUT2D eigenvalue weighted by molar-refractivity contribution is 6.03. The van der Waals surface area contributed by atoms with E-state index in [-0.39, 0.29) is 70.6 Å². The van der Waals surface area contributed by atoms with E-state index in [2.05, 4.69) is 15.1 Å². The number of rotatable bonds is 8. The SMILES string of the molecule is CCc1c(F)ccc2cc(O)cc(-c3nc4c5c(nc(OCC6(CN7C[C@@H]8C[C@@H]8[C@H]7CO)CC6)nc5c3F)N3C[C@H]5CC[C@H](N5)[C@@H]3CO4)c12. The van der Waals surface area contributed by atoms with Gasteiger partial charge in [0.1, 0.15) is 40.6 Å². The molecular formula is C37H40F2N6O4. The zero-order valence-corrected chi connectivity index (χ0v) is 27.5. The van der Waals surface area contributed by atoms with Crippen molar-refractivity contribution in [3.05, 3.63) is 41.5 Å². The van der Waals surface area contributed by atoms with Crippen LogP contribution in [0.15, 0.2) is 24.3 Å². The van der Waals surface area contributed by atoms with E-state index in [1.807, 2.05) is 6.92 Å². The fourth-order valence-electron chi connectivity index (χ4n) is 9.46. The summed E-state index contributed by atoms with van der Waals surface area (Å²) < 4.78 is 45.1. The zero-order valence-electron chi connectivity index (χ0n) is 27.5. The largest absolute Gasteiger partial charge is 0.508 e. The molecule has 4 aliphatic heterocycles. The Bertz CT molecular complexity index is 2030. The molecule has 49 heavy (non-hydrogen) atoms. The Morgan fingerprint density at radius 2 is 1.98 bits per heavy atom. The summed E-state index contributed by atoms with van der Waals surface area (Å²) in [4.78, 5) is 19.1. The molecule has 2 saturated carbocycles. The lowest BCUT2D eigenvalue weighted by Gasteiger charge is -2.40. The molecule has 2 aromatic heterocycles. The number of aliphatic hydroxyl groups is 1. The number of ether oxygens (including phenoxy) is 2. The van der Waals surface area contributed by atoms with Gasteiger partial charge in [0.25, 0.3) is 0 Å². The Kier molecular flexibility index (Phi) is 6.62. The van der Waals surface area contributed by atoms with Gasteiger partial charge in [-0.15, -0.1) is 0 Å². The van der Waals surface area contributed by atoms with Crippen molar-refractivity contribution in [3.8, 4) is 28.9 Å². The Hall–Kier alpha value is -3.87. The first-order valence-electron chi connectivity index (χ1n) is 17.8. The molecule has 0 spiro atoms. The first kappa shape index (κ1) is 30.0. The van der Waals surface area contributed by atoms with Crippen LogP contribution >= 0.6 is 0 Å². The molecule has 0 radical (unpaired) electrons. The minimum absolute atomic E-state index is 0.0299. The molecule has 2 bridgehead atoms. The summed E-state index contributed by atoms with van der Waals surface area (Å²) in [5, 5.41) is 26.0. The van der Waals surface area contributed by atoms with Crippen molar-refractivity contribution in [1.29, 1.82) is 0 Å². The van der Waals surface area contributed by atoms with E-state index in [0.29, 0.717) is 65.6 Å². The van der Waals surface area contributed by atoms with Crippen molar-refractivity contribution in [2.24, 2.45) is 17.3 Å². The lowest BCUT2D eigenvalue weighted by Crippen LogP contribution is -2.60. The highest BCUT2D eigenvalue weighted by atomic mass is 19.1. The summed E-state index contributed by atoms with van der Waals surface area (Å²) >= 11 is 0. The molecule has 3 saturated heterocycles. The fraction of sp³-hybridized carbons (Fsp3) is 0.541. The van der Waals surface area contributed by atoms with Gasteiger partial charge in [0.2, 0.25) is 5.88 Å². The zero-order chi connectivity index (χ0) is 33.2. The van der Waals surface area contributed by atoms with E-state index in [9.17, 15) is 10.2 Å². The maximum atomic E-state index is 17.2. The van der Waals surface area contributed by atoms with Crippen LogP contribution in [0.25, 0.3) is 32.9 Å². The van der Waals surface area contributed by atoms with Crippen LogP contribution in [0.2, 0.25) is 0 Å². The lowest BCUT2D eigenvalue weighted by atomic mass is 9.94. The summed E-state index contributed by atoms with van der Waals surface area (Å²) in [6.07, 6.45) is 5.67. The van der Waals surface area contributed by atoms with Crippen LogP contribution in [-0.2, 0) is 6.42 Å². The maximum absolute atomic E-state index is 17.2. The molecule has 6 heterocycles. The van der Waals surface area contributed by atoms with Crippen molar-refractivity contribution in [2.75, 3.05) is 44.4 Å². The van der Waals surface area contributed by atoms with Crippen LogP contribution in [0, 0.1) is 28.9 Å². The topological polar surface area (TPSA) is 116 Å². The summed E-state index contributed by atoms with van der Waals surface area (Å²) in [6.45, 7) is 5.33. The van der Waals surface area contributed by atoms with Gasteiger partial charge in [0.15, 0.2) is 5.82 Å². The first-order chi connectivity index (χ1) is 23.8. The average Bonchev–Trinajstić information content (AvgIpc) is 3.99. The number of anilines is 1. The lowest BCUT2D eigenvalue weighted by molar-refractivity contribution is 0.0966. The van der Waals surface area contributed by atoms with Crippen molar-refractivity contribution in [1.82, 2.24) is 25.2 Å². The number of piperidine rings is 1. The molecular weight excluding hydrogens is 630 g/mol. The van der Waals surface area contributed by atoms with E-state index in [0.717, 1.165) is 38.8 Å². The number of phenolic OH excluding ortho intramolecular Hbond substituents is 1. The molecule has 2 aromatic carbocycles. The number of piperazine rings is 1. The normalized spacial score (nSPS) is 29.1. The molecule has 6 aliphatic rings. The smallest absolute Gasteiger partial charge is 0.319 e. The number of aryl methyl sites for hydroxylation is 1. The molecule has 6 atom stereocenters. The molecule has 0 amide bonds. The minimum Gasteiger partial charge on any atom is -0.508 e. The molecule has 2 aliphatic carbocycles. The number of halogens is 2. The minimum atomic E-state index is -0.700. The van der Waals surface area contributed by atoms with Gasteiger partial charge >= 0.3 is 6.01 Å². The van der Waals surface area contributed by atoms with Crippen LogP contribution in [0.4, 0.5) is 14.6 Å². The Morgan fingerprint density at radius 3 is 2.80 bits per heavy atom. The second kappa shape index (κ2) is 10.8. The van der Waals surface area contributed by atoms with Gasteiger partial charge in [-0.25, -0.2) is 13.8 Å². The first-order valence-corrected chi connectivity index (χ1v) is 17.8. The Balaban J connectivity index is 1.09. The molecule has 10 nitrogen and oxygen atoms in total. The summed E-state index contributed by atoms with van der Waals surface area (Å²) in [5.74, 6) is 0.902. The number of nitrogens with one attached hydrogen (secondary N) is 1. The number of fused-ring (bicyclic) bond motifs is 7. The molecule has 4 aromatic rings. The molecule has 10 rings (SSSR count). The van der Waals surface area contributed by atoms with E-state index < -0.39 is 11.6 Å². The van der Waals surface area contributed by atoms with E-state index >= 15 is 8.78 Å².